The summed E-state index contributed by atoms with van der Waals surface area (Å²) in [5, 5.41) is 67.1. The Bertz CT molecular complexity index is 3480. The van der Waals surface area contributed by atoms with Gasteiger partial charge in [0.2, 0.25) is 0 Å². The van der Waals surface area contributed by atoms with Crippen molar-refractivity contribution < 1.29 is 139 Å². The van der Waals surface area contributed by atoms with Gasteiger partial charge in [0, 0.05) is 33.1 Å². The molecule has 0 radical (unpaired) electrons. The molecule has 0 fully saturated rings. The van der Waals surface area contributed by atoms with Crippen molar-refractivity contribution in [3.05, 3.63) is 132 Å². The first-order chi connectivity index (χ1) is 25.4. The average Bonchev–Trinajstić information content (AvgIpc) is 3.18. The third-order valence-corrected chi connectivity index (χ3v) is 10.8. The fourth-order valence-electron chi connectivity index (χ4n) is 8.51. The van der Waals surface area contributed by atoms with Crippen molar-refractivity contribution in [1.29, 1.82) is 0 Å². The molecule has 0 unspecified atom stereocenters. The van der Waals surface area contributed by atoms with E-state index in [1.165, 1.54) is 0 Å². The zero-order valence-corrected chi connectivity index (χ0v) is 39.1. The van der Waals surface area contributed by atoms with Crippen molar-refractivity contribution in [2.24, 2.45) is 0 Å². The Hall–Kier alpha value is -3.25. The van der Waals surface area contributed by atoms with Gasteiger partial charge in [0.1, 0.15) is 0 Å². The second kappa shape index (κ2) is 15.2. The fourth-order valence-corrected chi connectivity index (χ4v) is 8.51. The minimum Gasteiger partial charge on any atom is -0.872 e. The van der Waals surface area contributed by atoms with Crippen LogP contribution in [0.3, 0.4) is 0 Å². The van der Waals surface area contributed by atoms with Gasteiger partial charge in [-0.25, -0.2) is 0 Å². The number of aromatic nitrogens is 1. The maximum atomic E-state index is 14.3. The number of pyridine rings is 1. The summed E-state index contributed by atoms with van der Waals surface area (Å²) in [4.78, 5) is 17.3. The molecule has 11 rings (SSSR count). The fraction of sp³-hybridized carbons (Fsp3) is 0. The van der Waals surface area contributed by atoms with Gasteiger partial charge >= 0.3 is 118 Å². The third kappa shape index (κ3) is 5.68. The Kier molecular flexibility index (Phi) is 11.1. The Morgan fingerprint density at radius 3 is 1.61 bits per heavy atom. The van der Waals surface area contributed by atoms with Crippen LogP contribution in [0.1, 0.15) is 0 Å². The number of hydrogen-bond acceptors (Lipinski definition) is 6. The van der Waals surface area contributed by atoms with Crippen molar-refractivity contribution in [3.8, 4) is 23.0 Å². The van der Waals surface area contributed by atoms with Crippen LogP contribution in [0.5, 0.6) is 23.0 Å². The summed E-state index contributed by atoms with van der Waals surface area (Å²) in [5.41, 5.74) is 2.23. The molecule has 7 nitrogen and oxygen atoms in total. The number of anilines is 2. The van der Waals surface area contributed by atoms with Crippen LogP contribution in [0.2, 0.25) is 0 Å². The number of rotatable bonds is 2. The van der Waals surface area contributed by atoms with E-state index in [0.717, 1.165) is 37.8 Å². The smallest absolute Gasteiger partial charge is 0.872 e. The first kappa shape index (κ1) is 40.9. The number of hydrogen-bond donors (Lipinski definition) is 2. The van der Waals surface area contributed by atoms with E-state index in [9.17, 15) is 25.2 Å². The van der Waals surface area contributed by atoms with E-state index in [-0.39, 0.29) is 147 Å². The molecule has 0 aliphatic rings. The number of fused-ring (bicyclic) bond motifs is 9. The van der Waals surface area contributed by atoms with Gasteiger partial charge in [-0.2, -0.15) is 0 Å². The molecule has 0 atom stereocenters. The summed E-state index contributed by atoms with van der Waals surface area (Å²) in [7, 11) is 0. The van der Waals surface area contributed by atoms with E-state index in [1.54, 1.807) is 78.9 Å². The molecule has 2 N–H and O–H groups in total. The number of aromatic amines is 1. The van der Waals surface area contributed by atoms with Crippen LogP contribution in [0, 0.1) is 0 Å². The van der Waals surface area contributed by atoms with Crippen molar-refractivity contribution >= 4 is 109 Å². The monoisotopic (exact) mass is 762 g/mol. The zero-order chi connectivity index (χ0) is 35.0. The molecule has 0 aliphatic heterocycles. The van der Waals surface area contributed by atoms with Gasteiger partial charge in [-0.1, -0.05) is 120 Å². The van der Waals surface area contributed by atoms with Gasteiger partial charge < -0.3 is 30.7 Å². The summed E-state index contributed by atoms with van der Waals surface area (Å²) >= 11 is 0. The molecule has 10 aromatic carbocycles. The normalized spacial score (nSPS) is 11.4. The van der Waals surface area contributed by atoms with E-state index in [1.807, 2.05) is 42.5 Å². The molecule has 1 heterocycles. The predicted molar refractivity (Wildman–Crippen MR) is 203 cm³/mol. The maximum absolute atomic E-state index is 14.3. The maximum Gasteiger partial charge on any atom is 1.00 e. The SMILES string of the molecule is O=c1c2ccccc2c([O-])c2ccc3c4ccc5c([O-])c6cc(Nc7cccc8c([O-])c9ccccc9c([O-])c78)ccc6c6ccc([nH]c3c12)c4c56.[Na+].[Na+].[Na+].[Na+]. The topological polar surface area (TPSA) is 137 Å². The van der Waals surface area contributed by atoms with Crippen LogP contribution >= 0.6 is 0 Å². The molecule has 246 valence electrons. The van der Waals surface area contributed by atoms with Crippen molar-refractivity contribution in [2.75, 3.05) is 5.32 Å². The van der Waals surface area contributed by atoms with Crippen LogP contribution in [0.4, 0.5) is 11.4 Å². The van der Waals surface area contributed by atoms with Crippen LogP contribution < -0.4 is 149 Å². The first-order valence-electron chi connectivity index (χ1n) is 16.9. The number of H-pyrrole nitrogens is 1. The van der Waals surface area contributed by atoms with Gasteiger partial charge in [-0.3, -0.25) is 4.79 Å². The molecule has 0 bridgehead atoms. The summed E-state index contributed by atoms with van der Waals surface area (Å²) in [6.07, 6.45) is 0. The molecule has 0 spiro atoms. The Morgan fingerprint density at radius 1 is 0.393 bits per heavy atom. The summed E-state index contributed by atoms with van der Waals surface area (Å²) < 4.78 is 0. The Balaban J connectivity index is 0.00000120. The molecular formula is C45H22N2Na4O5. The second-order valence-electron chi connectivity index (χ2n) is 13.5. The van der Waals surface area contributed by atoms with Gasteiger partial charge in [0.25, 0.3) is 0 Å². The number of benzene rings is 10. The summed E-state index contributed by atoms with van der Waals surface area (Å²) in [6.45, 7) is 0. The van der Waals surface area contributed by atoms with Crippen LogP contribution in [0.25, 0.3) is 97.2 Å². The van der Waals surface area contributed by atoms with Crippen LogP contribution in [-0.2, 0) is 0 Å². The van der Waals surface area contributed by atoms with Crippen molar-refractivity contribution in [2.45, 2.75) is 0 Å². The zero-order valence-electron chi connectivity index (χ0n) is 31.1. The minimum atomic E-state index is -0.229. The summed E-state index contributed by atoms with van der Waals surface area (Å²) in [6, 6.07) is 35.8. The van der Waals surface area contributed by atoms with Gasteiger partial charge in [0.05, 0.1) is 10.9 Å². The molecule has 0 saturated heterocycles. The van der Waals surface area contributed by atoms with Crippen LogP contribution in [0.15, 0.2) is 126 Å². The second-order valence-corrected chi connectivity index (χ2v) is 13.5. The van der Waals surface area contributed by atoms with Gasteiger partial charge in [0.15, 0.2) is 5.43 Å². The Morgan fingerprint density at radius 2 is 0.893 bits per heavy atom. The largest absolute Gasteiger partial charge is 1.00 e. The average molecular weight is 763 g/mol. The molecular weight excluding hydrogens is 740 g/mol. The summed E-state index contributed by atoms with van der Waals surface area (Å²) in [5.74, 6) is -0.751. The van der Waals surface area contributed by atoms with Gasteiger partial charge in [-0.15, -0.1) is 0 Å². The van der Waals surface area contributed by atoms with Gasteiger partial charge in [-0.05, 0) is 88.9 Å². The van der Waals surface area contributed by atoms with E-state index < -0.39 is 0 Å². The third-order valence-electron chi connectivity index (χ3n) is 10.8. The van der Waals surface area contributed by atoms with E-state index in [4.69, 9.17) is 0 Å². The molecule has 11 aromatic rings. The molecule has 11 heteroatoms. The van der Waals surface area contributed by atoms with Crippen LogP contribution in [-0.4, -0.2) is 4.98 Å². The minimum absolute atomic E-state index is 0. The molecule has 0 aliphatic carbocycles. The standard InChI is InChI=1S/C45H26N2O5.4Na/c48-41-26-6-1-3-8-28(26)44(51)38-30(41)10-5-11-34(38)46-21-12-13-22-23-18-19-35-37-24(14-16-31(36(23)37)43(50)33(22)20-21)25-15-17-32-39(40(25)47-35)45(52)29-9-4-2-7-27(29)42(32)49;;;;/h1-20,46-51H;;;;/q;4*+1/p-4. The van der Waals surface area contributed by atoms with E-state index in [0.29, 0.717) is 70.8 Å². The van der Waals surface area contributed by atoms with Crippen molar-refractivity contribution in [1.82, 2.24) is 4.98 Å². The molecule has 0 saturated carbocycles. The van der Waals surface area contributed by atoms with E-state index >= 15 is 0 Å². The predicted octanol–water partition coefficient (Wildman–Crippen LogP) is -3.75. The first-order valence-corrected chi connectivity index (χ1v) is 16.9. The molecule has 56 heavy (non-hydrogen) atoms. The molecule has 1 aromatic heterocycles. The van der Waals surface area contributed by atoms with Crippen molar-refractivity contribution in [3.63, 3.8) is 0 Å². The number of nitrogens with one attached hydrogen (secondary N) is 2. The molecule has 0 amide bonds. The Labute approximate surface area is 406 Å². The van der Waals surface area contributed by atoms with E-state index in [2.05, 4.69) is 10.3 Å². The quantitative estimate of drug-likeness (QED) is 0.106.